The summed E-state index contributed by atoms with van der Waals surface area (Å²) in [5.74, 6) is 0. The van der Waals surface area contributed by atoms with Crippen LogP contribution in [0.2, 0.25) is 0 Å². The van der Waals surface area contributed by atoms with Crippen molar-refractivity contribution in [2.45, 2.75) is 51.3 Å². The van der Waals surface area contributed by atoms with Crippen molar-refractivity contribution < 1.29 is 5.11 Å². The summed E-state index contributed by atoms with van der Waals surface area (Å²) in [7, 11) is 0. The Morgan fingerprint density at radius 3 is 2.75 bits per heavy atom. The predicted molar refractivity (Wildman–Crippen MR) is 64.1 cm³/mol. The molecule has 0 atom stereocenters. The minimum absolute atomic E-state index is 0.0739. The van der Waals surface area contributed by atoms with Gasteiger partial charge in [-0.25, -0.2) is 0 Å². The molecule has 0 aliphatic heterocycles. The molecule has 2 rings (SSSR count). The molecule has 1 fully saturated rings. The largest absolute Gasteiger partial charge is 0.393 e. The molecule has 1 aromatic rings. The Labute approximate surface area is 96.9 Å². The van der Waals surface area contributed by atoms with Gasteiger partial charge < -0.3 is 10.4 Å². The molecule has 1 saturated carbocycles. The zero-order valence-electron chi connectivity index (χ0n) is 9.82. The highest BCUT2D eigenvalue weighted by Gasteiger charge is 2.18. The Balaban J connectivity index is 1.79. The molecule has 0 amide bonds. The summed E-state index contributed by atoms with van der Waals surface area (Å²) in [6.07, 6.45) is 3.94. The van der Waals surface area contributed by atoms with E-state index in [-0.39, 0.29) is 6.10 Å². The van der Waals surface area contributed by atoms with Crippen molar-refractivity contribution in [3.63, 3.8) is 0 Å². The summed E-state index contributed by atoms with van der Waals surface area (Å²) in [5.41, 5.74) is 2.17. The second-order valence-corrected chi connectivity index (χ2v) is 4.66. The van der Waals surface area contributed by atoms with Crippen LogP contribution in [0, 0.1) is 6.92 Å². The third kappa shape index (κ3) is 3.29. The lowest BCUT2D eigenvalue weighted by molar-refractivity contribution is 0.116. The van der Waals surface area contributed by atoms with Crippen molar-refractivity contribution in [1.29, 1.82) is 0 Å². The molecule has 0 radical (unpaired) electrons. The van der Waals surface area contributed by atoms with Crippen LogP contribution in [-0.4, -0.2) is 22.2 Å². The van der Waals surface area contributed by atoms with Crippen LogP contribution in [0.3, 0.4) is 0 Å². The molecular weight excluding hydrogens is 200 g/mol. The average molecular weight is 220 g/mol. The van der Waals surface area contributed by atoms with Crippen molar-refractivity contribution in [1.82, 2.24) is 10.3 Å². The van der Waals surface area contributed by atoms with E-state index in [0.29, 0.717) is 6.04 Å². The number of hydrogen-bond acceptors (Lipinski definition) is 3. The Hall–Kier alpha value is -0.930. The van der Waals surface area contributed by atoms with Gasteiger partial charge in [-0.3, -0.25) is 4.98 Å². The first kappa shape index (κ1) is 11.6. The maximum Gasteiger partial charge on any atom is 0.0544 e. The number of nitrogens with one attached hydrogen (secondary N) is 1. The first-order valence-corrected chi connectivity index (χ1v) is 6.08. The number of nitrogens with zero attached hydrogens (tertiary/aromatic N) is 1. The van der Waals surface area contributed by atoms with Gasteiger partial charge in [-0.2, -0.15) is 0 Å². The molecule has 1 heterocycles. The summed E-state index contributed by atoms with van der Waals surface area (Å²) in [6, 6.07) is 6.66. The van der Waals surface area contributed by atoms with Crippen LogP contribution in [0.5, 0.6) is 0 Å². The minimum Gasteiger partial charge on any atom is -0.393 e. The standard InChI is InChI=1S/C13H20N2O/c1-10-3-2-4-12(15-10)9-14-11-5-7-13(16)8-6-11/h2-4,11,13-14,16H,5-9H2,1H3. The maximum absolute atomic E-state index is 9.41. The second-order valence-electron chi connectivity index (χ2n) is 4.66. The lowest BCUT2D eigenvalue weighted by Crippen LogP contribution is -2.34. The topological polar surface area (TPSA) is 45.1 Å². The van der Waals surface area contributed by atoms with Gasteiger partial charge in [0.1, 0.15) is 0 Å². The number of hydrogen-bond donors (Lipinski definition) is 2. The van der Waals surface area contributed by atoms with Crippen molar-refractivity contribution >= 4 is 0 Å². The third-order valence-corrected chi connectivity index (χ3v) is 3.21. The predicted octanol–water partition coefficient (Wildman–Crippen LogP) is 1.78. The number of rotatable bonds is 3. The number of pyridine rings is 1. The molecule has 1 aromatic heterocycles. The van der Waals surface area contributed by atoms with Crippen LogP contribution in [0.15, 0.2) is 18.2 Å². The van der Waals surface area contributed by atoms with E-state index in [4.69, 9.17) is 0 Å². The smallest absolute Gasteiger partial charge is 0.0544 e. The molecule has 1 aliphatic rings. The third-order valence-electron chi connectivity index (χ3n) is 3.21. The fraction of sp³-hybridized carbons (Fsp3) is 0.615. The SMILES string of the molecule is Cc1cccc(CNC2CCC(O)CC2)n1. The fourth-order valence-electron chi connectivity index (χ4n) is 2.23. The maximum atomic E-state index is 9.41. The summed E-state index contributed by atoms with van der Waals surface area (Å²) >= 11 is 0. The number of aromatic nitrogens is 1. The van der Waals surface area contributed by atoms with E-state index in [1.165, 1.54) is 0 Å². The van der Waals surface area contributed by atoms with Gasteiger partial charge >= 0.3 is 0 Å². The van der Waals surface area contributed by atoms with Crippen LogP contribution in [-0.2, 0) is 6.54 Å². The zero-order valence-corrected chi connectivity index (χ0v) is 9.82. The van der Waals surface area contributed by atoms with Crippen LogP contribution in [0.4, 0.5) is 0 Å². The van der Waals surface area contributed by atoms with E-state index >= 15 is 0 Å². The lowest BCUT2D eigenvalue weighted by Gasteiger charge is -2.26. The van der Waals surface area contributed by atoms with Crippen LogP contribution < -0.4 is 5.32 Å². The molecule has 0 bridgehead atoms. The number of aryl methyl sites for hydroxylation is 1. The van der Waals surface area contributed by atoms with E-state index < -0.39 is 0 Å². The highest BCUT2D eigenvalue weighted by molar-refractivity contribution is 5.09. The van der Waals surface area contributed by atoms with E-state index in [1.807, 2.05) is 19.1 Å². The molecular formula is C13H20N2O. The summed E-state index contributed by atoms with van der Waals surface area (Å²) in [4.78, 5) is 4.46. The summed E-state index contributed by atoms with van der Waals surface area (Å²) in [6.45, 7) is 2.85. The highest BCUT2D eigenvalue weighted by atomic mass is 16.3. The lowest BCUT2D eigenvalue weighted by atomic mass is 9.93. The Morgan fingerprint density at radius 2 is 2.06 bits per heavy atom. The van der Waals surface area contributed by atoms with Crippen LogP contribution in [0.25, 0.3) is 0 Å². The van der Waals surface area contributed by atoms with Crippen molar-refractivity contribution in [3.05, 3.63) is 29.6 Å². The molecule has 3 heteroatoms. The molecule has 1 aliphatic carbocycles. The summed E-state index contributed by atoms with van der Waals surface area (Å²) < 4.78 is 0. The van der Waals surface area contributed by atoms with Gasteiger partial charge in [0.2, 0.25) is 0 Å². The summed E-state index contributed by atoms with van der Waals surface area (Å²) in [5, 5.41) is 12.9. The first-order valence-electron chi connectivity index (χ1n) is 6.08. The van der Waals surface area contributed by atoms with Gasteiger partial charge in [-0.1, -0.05) is 6.07 Å². The van der Waals surface area contributed by atoms with Crippen molar-refractivity contribution in [3.8, 4) is 0 Å². The van der Waals surface area contributed by atoms with Crippen LogP contribution in [0.1, 0.15) is 37.1 Å². The van der Waals surface area contributed by atoms with Crippen molar-refractivity contribution in [2.75, 3.05) is 0 Å². The molecule has 0 saturated heterocycles. The minimum atomic E-state index is -0.0739. The van der Waals surface area contributed by atoms with Gasteiger partial charge in [0.15, 0.2) is 0 Å². The van der Waals surface area contributed by atoms with Gasteiger partial charge in [0.25, 0.3) is 0 Å². The molecule has 16 heavy (non-hydrogen) atoms. The zero-order chi connectivity index (χ0) is 11.4. The fourth-order valence-corrected chi connectivity index (χ4v) is 2.23. The van der Waals surface area contributed by atoms with E-state index in [2.05, 4.69) is 16.4 Å². The van der Waals surface area contributed by atoms with Gasteiger partial charge in [0.05, 0.1) is 11.8 Å². The molecule has 0 spiro atoms. The molecule has 0 aromatic carbocycles. The van der Waals surface area contributed by atoms with Gasteiger partial charge in [-0.05, 0) is 44.7 Å². The normalized spacial score (nSPS) is 25.6. The Kier molecular flexibility index (Phi) is 3.91. The molecule has 88 valence electrons. The molecule has 3 nitrogen and oxygen atoms in total. The van der Waals surface area contributed by atoms with E-state index in [9.17, 15) is 5.11 Å². The average Bonchev–Trinajstić information content (AvgIpc) is 2.28. The monoisotopic (exact) mass is 220 g/mol. The van der Waals surface area contributed by atoms with E-state index in [0.717, 1.165) is 43.6 Å². The highest BCUT2D eigenvalue weighted by Crippen LogP contribution is 2.18. The van der Waals surface area contributed by atoms with Gasteiger partial charge in [-0.15, -0.1) is 0 Å². The van der Waals surface area contributed by atoms with Crippen molar-refractivity contribution in [2.24, 2.45) is 0 Å². The number of aliphatic hydroxyl groups excluding tert-OH is 1. The first-order chi connectivity index (χ1) is 7.74. The number of aliphatic hydroxyl groups is 1. The Morgan fingerprint density at radius 1 is 1.31 bits per heavy atom. The Bertz CT molecular complexity index is 332. The van der Waals surface area contributed by atoms with Crippen LogP contribution >= 0.6 is 0 Å². The quantitative estimate of drug-likeness (QED) is 0.816. The molecule has 0 unspecified atom stereocenters. The van der Waals surface area contributed by atoms with Gasteiger partial charge in [0, 0.05) is 18.3 Å². The molecule has 2 N–H and O–H groups in total. The second kappa shape index (κ2) is 5.41. The van der Waals surface area contributed by atoms with E-state index in [1.54, 1.807) is 0 Å².